The van der Waals surface area contributed by atoms with Gasteiger partial charge < -0.3 is 14.3 Å². The zero-order valence-electron chi connectivity index (χ0n) is 10.7. The number of hydrogen-bond acceptors (Lipinski definition) is 3. The topological polar surface area (TPSA) is 35.5 Å². The Bertz CT molecular complexity index is 639. The van der Waals surface area contributed by atoms with Crippen LogP contribution in [0.4, 0.5) is 4.39 Å². The van der Waals surface area contributed by atoms with Gasteiger partial charge in [-0.3, -0.25) is 0 Å². The van der Waals surface area contributed by atoms with Crippen molar-refractivity contribution in [2.24, 2.45) is 0 Å². The Labute approximate surface area is 115 Å². The van der Waals surface area contributed by atoms with Crippen molar-refractivity contribution in [3.63, 3.8) is 0 Å². The van der Waals surface area contributed by atoms with Crippen molar-refractivity contribution in [2.45, 2.75) is 12.3 Å². The molecular weight excluding hydrogens is 259 g/mol. The Hall–Kier alpha value is -2.36. The van der Waals surface area contributed by atoms with Crippen LogP contribution in [-0.4, -0.2) is 13.1 Å². The van der Waals surface area contributed by atoms with Crippen LogP contribution in [0.5, 0.6) is 11.5 Å². The van der Waals surface area contributed by atoms with Crippen LogP contribution >= 0.6 is 0 Å². The number of halogens is 1. The molecule has 0 amide bonds. The summed E-state index contributed by atoms with van der Waals surface area (Å²) in [6.07, 6.45) is 1.17. The van der Waals surface area contributed by atoms with Crippen LogP contribution in [0.1, 0.15) is 17.0 Å². The predicted octanol–water partition coefficient (Wildman–Crippen LogP) is 3.08. The molecule has 102 valence electrons. The second-order valence-electron chi connectivity index (χ2n) is 4.65. The lowest BCUT2D eigenvalue weighted by Crippen LogP contribution is -2.06. The van der Waals surface area contributed by atoms with E-state index in [0.29, 0.717) is 23.5 Å². The van der Waals surface area contributed by atoms with Crippen molar-refractivity contribution in [1.29, 1.82) is 0 Å². The van der Waals surface area contributed by atoms with Crippen molar-refractivity contribution in [1.82, 2.24) is 0 Å². The van der Waals surface area contributed by atoms with Crippen LogP contribution in [0.15, 0.2) is 42.5 Å². The first kappa shape index (κ1) is 12.7. The van der Waals surface area contributed by atoms with Crippen molar-refractivity contribution in [3.05, 3.63) is 59.4 Å². The largest absolute Gasteiger partial charge is 0.454 e. The molecule has 0 aliphatic carbocycles. The lowest BCUT2D eigenvalue weighted by molar-refractivity contribution is -0.109. The van der Waals surface area contributed by atoms with Crippen molar-refractivity contribution >= 4 is 6.29 Å². The first-order chi connectivity index (χ1) is 9.78. The molecule has 0 fully saturated rings. The minimum absolute atomic E-state index is 0.192. The van der Waals surface area contributed by atoms with Crippen LogP contribution in [0, 0.1) is 5.82 Å². The van der Waals surface area contributed by atoms with Gasteiger partial charge in [0, 0.05) is 5.92 Å². The second-order valence-corrected chi connectivity index (χ2v) is 4.65. The molecule has 0 spiro atoms. The minimum atomic E-state index is -0.401. The predicted molar refractivity (Wildman–Crippen MR) is 71.5 cm³/mol. The number of aldehydes is 1. The summed E-state index contributed by atoms with van der Waals surface area (Å²) in [7, 11) is 0. The van der Waals surface area contributed by atoms with E-state index in [1.54, 1.807) is 30.3 Å². The van der Waals surface area contributed by atoms with Gasteiger partial charge in [-0.1, -0.05) is 24.3 Å². The summed E-state index contributed by atoms with van der Waals surface area (Å²) in [5.74, 6) is 0.605. The Morgan fingerprint density at radius 3 is 2.75 bits per heavy atom. The molecule has 0 saturated carbocycles. The van der Waals surface area contributed by atoms with E-state index < -0.39 is 5.92 Å². The van der Waals surface area contributed by atoms with E-state index in [9.17, 15) is 9.18 Å². The summed E-state index contributed by atoms with van der Waals surface area (Å²) in [6.45, 7) is 0.192. The lowest BCUT2D eigenvalue weighted by Gasteiger charge is -2.12. The summed E-state index contributed by atoms with van der Waals surface area (Å²) in [5.41, 5.74) is 1.33. The standard InChI is InChI=1S/C16H13FO3/c17-14-4-2-1-3-12(14)7-13(9-18)11-5-6-15-16(8-11)20-10-19-15/h1-6,8-9,13H,7,10H2. The molecule has 3 rings (SSSR count). The van der Waals surface area contributed by atoms with Gasteiger partial charge in [-0.25, -0.2) is 4.39 Å². The first-order valence-corrected chi connectivity index (χ1v) is 6.36. The van der Waals surface area contributed by atoms with E-state index in [-0.39, 0.29) is 12.6 Å². The normalized spacial score (nSPS) is 14.1. The molecule has 1 heterocycles. The fourth-order valence-electron chi connectivity index (χ4n) is 2.29. The molecule has 0 radical (unpaired) electrons. The number of hydrogen-bond donors (Lipinski definition) is 0. The third-order valence-electron chi connectivity index (χ3n) is 3.39. The van der Waals surface area contributed by atoms with E-state index in [0.717, 1.165) is 11.8 Å². The van der Waals surface area contributed by atoms with Gasteiger partial charge in [0.2, 0.25) is 6.79 Å². The highest BCUT2D eigenvalue weighted by Gasteiger charge is 2.19. The van der Waals surface area contributed by atoms with Crippen molar-refractivity contribution < 1.29 is 18.7 Å². The maximum Gasteiger partial charge on any atom is 0.231 e. The van der Waals surface area contributed by atoms with E-state index in [1.807, 2.05) is 6.07 Å². The van der Waals surface area contributed by atoms with Gasteiger partial charge in [-0.05, 0) is 35.7 Å². The highest BCUT2D eigenvalue weighted by atomic mass is 19.1. The van der Waals surface area contributed by atoms with Crippen LogP contribution in [0.2, 0.25) is 0 Å². The fourth-order valence-corrected chi connectivity index (χ4v) is 2.29. The van der Waals surface area contributed by atoms with Crippen LogP contribution < -0.4 is 9.47 Å². The van der Waals surface area contributed by atoms with Gasteiger partial charge in [-0.2, -0.15) is 0 Å². The SMILES string of the molecule is O=CC(Cc1ccccc1F)c1ccc2c(c1)OCO2. The fraction of sp³-hybridized carbons (Fsp3) is 0.188. The van der Waals surface area contributed by atoms with Gasteiger partial charge in [0.15, 0.2) is 11.5 Å². The number of carbonyl (C=O) groups is 1. The summed E-state index contributed by atoms with van der Waals surface area (Å²) < 4.78 is 24.2. The van der Waals surface area contributed by atoms with Crippen LogP contribution in [-0.2, 0) is 11.2 Å². The number of fused-ring (bicyclic) bond motifs is 1. The summed E-state index contributed by atoms with van der Waals surface area (Å²) in [6, 6.07) is 11.9. The van der Waals surface area contributed by atoms with E-state index in [4.69, 9.17) is 9.47 Å². The van der Waals surface area contributed by atoms with Gasteiger partial charge >= 0.3 is 0 Å². The lowest BCUT2D eigenvalue weighted by atomic mass is 9.93. The van der Waals surface area contributed by atoms with E-state index >= 15 is 0 Å². The van der Waals surface area contributed by atoms with Gasteiger partial charge in [0.1, 0.15) is 12.1 Å². The van der Waals surface area contributed by atoms with Gasteiger partial charge in [0.05, 0.1) is 0 Å². The zero-order chi connectivity index (χ0) is 13.9. The number of ether oxygens (including phenoxy) is 2. The quantitative estimate of drug-likeness (QED) is 0.802. The maximum absolute atomic E-state index is 13.7. The smallest absolute Gasteiger partial charge is 0.231 e. The van der Waals surface area contributed by atoms with E-state index in [2.05, 4.69) is 0 Å². The van der Waals surface area contributed by atoms with Crippen LogP contribution in [0.25, 0.3) is 0 Å². The molecule has 3 nitrogen and oxygen atoms in total. The molecule has 2 aromatic rings. The van der Waals surface area contributed by atoms with Crippen LogP contribution in [0.3, 0.4) is 0 Å². The van der Waals surface area contributed by atoms with Crippen molar-refractivity contribution in [2.75, 3.05) is 6.79 Å². The molecule has 2 aromatic carbocycles. The average Bonchev–Trinajstić information content (AvgIpc) is 2.94. The van der Waals surface area contributed by atoms with E-state index in [1.165, 1.54) is 6.07 Å². The molecular formula is C16H13FO3. The third-order valence-corrected chi connectivity index (χ3v) is 3.39. The minimum Gasteiger partial charge on any atom is -0.454 e. The molecule has 0 saturated heterocycles. The highest BCUT2D eigenvalue weighted by molar-refractivity contribution is 5.64. The second kappa shape index (κ2) is 5.33. The number of benzene rings is 2. The number of carbonyl (C=O) groups excluding carboxylic acids is 1. The molecule has 1 atom stereocenters. The Morgan fingerprint density at radius 1 is 1.15 bits per heavy atom. The molecule has 20 heavy (non-hydrogen) atoms. The summed E-state index contributed by atoms with van der Waals surface area (Å²) in [4.78, 5) is 11.3. The maximum atomic E-state index is 13.7. The van der Waals surface area contributed by atoms with Gasteiger partial charge in [-0.15, -0.1) is 0 Å². The molecule has 0 N–H and O–H groups in total. The molecule has 0 bridgehead atoms. The molecule has 1 aliphatic heterocycles. The highest BCUT2D eigenvalue weighted by Crippen LogP contribution is 2.35. The number of rotatable bonds is 4. The van der Waals surface area contributed by atoms with Crippen molar-refractivity contribution in [3.8, 4) is 11.5 Å². The molecule has 0 aromatic heterocycles. The Balaban J connectivity index is 1.87. The molecule has 1 unspecified atom stereocenters. The first-order valence-electron chi connectivity index (χ1n) is 6.36. The Kier molecular flexibility index (Phi) is 3.37. The summed E-state index contributed by atoms with van der Waals surface area (Å²) >= 11 is 0. The Morgan fingerprint density at radius 2 is 1.95 bits per heavy atom. The molecule has 1 aliphatic rings. The average molecular weight is 272 g/mol. The zero-order valence-corrected chi connectivity index (χ0v) is 10.7. The summed E-state index contributed by atoms with van der Waals surface area (Å²) in [5, 5.41) is 0. The third kappa shape index (κ3) is 2.37. The van der Waals surface area contributed by atoms with Gasteiger partial charge in [0.25, 0.3) is 0 Å². The monoisotopic (exact) mass is 272 g/mol. The molecule has 4 heteroatoms.